The zero-order valence-electron chi connectivity index (χ0n) is 15.3. The molecule has 0 atom stereocenters. The highest BCUT2D eigenvalue weighted by molar-refractivity contribution is 5.75. The van der Waals surface area contributed by atoms with Gasteiger partial charge in [-0.2, -0.15) is 0 Å². The van der Waals surface area contributed by atoms with E-state index in [-0.39, 0.29) is 5.91 Å². The van der Waals surface area contributed by atoms with E-state index >= 15 is 0 Å². The second-order valence-corrected chi connectivity index (χ2v) is 6.20. The Morgan fingerprint density at radius 3 is 2.52 bits per heavy atom. The summed E-state index contributed by atoms with van der Waals surface area (Å²) < 4.78 is 10.9. The molecule has 25 heavy (non-hydrogen) atoms. The second kappa shape index (κ2) is 9.72. The summed E-state index contributed by atoms with van der Waals surface area (Å²) in [7, 11) is 1.64. The van der Waals surface area contributed by atoms with Gasteiger partial charge in [-0.25, -0.2) is 0 Å². The van der Waals surface area contributed by atoms with Crippen LogP contribution in [0, 0.1) is 13.8 Å². The lowest BCUT2D eigenvalue weighted by atomic mass is 10.1. The van der Waals surface area contributed by atoms with Crippen LogP contribution in [0.3, 0.4) is 0 Å². The minimum absolute atomic E-state index is 0.0718. The molecular formula is C21H27NO3. The van der Waals surface area contributed by atoms with Crippen molar-refractivity contribution < 1.29 is 14.3 Å². The molecule has 0 heterocycles. The number of ether oxygens (including phenoxy) is 2. The number of carbonyl (C=O) groups is 1. The van der Waals surface area contributed by atoms with Crippen LogP contribution in [0.1, 0.15) is 36.0 Å². The van der Waals surface area contributed by atoms with Gasteiger partial charge in [0.15, 0.2) is 0 Å². The maximum Gasteiger partial charge on any atom is 0.220 e. The normalized spacial score (nSPS) is 10.4. The monoisotopic (exact) mass is 341 g/mol. The second-order valence-electron chi connectivity index (χ2n) is 6.20. The van der Waals surface area contributed by atoms with Crippen molar-refractivity contribution >= 4 is 5.91 Å². The van der Waals surface area contributed by atoms with Gasteiger partial charge < -0.3 is 14.8 Å². The van der Waals surface area contributed by atoms with E-state index in [0.717, 1.165) is 35.5 Å². The summed E-state index contributed by atoms with van der Waals surface area (Å²) in [6.07, 6.45) is 2.20. The maximum atomic E-state index is 11.9. The average Bonchev–Trinajstić information content (AvgIpc) is 2.63. The molecule has 2 rings (SSSR count). The fraction of sp³-hybridized carbons (Fsp3) is 0.381. The van der Waals surface area contributed by atoms with E-state index < -0.39 is 0 Å². The molecule has 4 nitrogen and oxygen atoms in total. The fourth-order valence-electron chi connectivity index (χ4n) is 2.46. The molecule has 0 spiro atoms. The van der Waals surface area contributed by atoms with Crippen LogP contribution >= 0.6 is 0 Å². The number of hydrogen-bond donors (Lipinski definition) is 1. The van der Waals surface area contributed by atoms with Crippen molar-refractivity contribution in [2.75, 3.05) is 13.7 Å². The van der Waals surface area contributed by atoms with Gasteiger partial charge in [0.25, 0.3) is 0 Å². The first-order chi connectivity index (χ1) is 12.1. The van der Waals surface area contributed by atoms with Crippen molar-refractivity contribution in [3.63, 3.8) is 0 Å². The van der Waals surface area contributed by atoms with E-state index in [1.54, 1.807) is 7.11 Å². The molecule has 0 fully saturated rings. The van der Waals surface area contributed by atoms with Gasteiger partial charge in [-0.1, -0.05) is 24.3 Å². The highest BCUT2D eigenvalue weighted by atomic mass is 16.5. The number of amides is 1. The first-order valence-electron chi connectivity index (χ1n) is 8.68. The van der Waals surface area contributed by atoms with Crippen LogP contribution in [0.25, 0.3) is 0 Å². The Balaban J connectivity index is 1.61. The Labute approximate surface area is 150 Å². The van der Waals surface area contributed by atoms with Gasteiger partial charge in [0.1, 0.15) is 11.5 Å². The third-order valence-corrected chi connectivity index (χ3v) is 4.05. The van der Waals surface area contributed by atoms with Gasteiger partial charge in [0, 0.05) is 13.0 Å². The molecule has 1 N–H and O–H groups in total. The standard InChI is InChI=1S/C21H27NO3/c1-16-7-8-17(2)20(14-16)25-13-5-4-6-21(23)22-15-18-9-11-19(24-3)12-10-18/h7-12,14H,4-6,13,15H2,1-3H3,(H,22,23). The lowest BCUT2D eigenvalue weighted by Gasteiger charge is -2.10. The Bertz CT molecular complexity index is 680. The van der Waals surface area contributed by atoms with Gasteiger partial charge in [-0.15, -0.1) is 0 Å². The summed E-state index contributed by atoms with van der Waals surface area (Å²) >= 11 is 0. The van der Waals surface area contributed by atoms with Gasteiger partial charge in [0.2, 0.25) is 5.91 Å². The molecule has 0 aliphatic carbocycles. The van der Waals surface area contributed by atoms with Crippen LogP contribution < -0.4 is 14.8 Å². The number of aryl methyl sites for hydroxylation is 2. The predicted octanol–water partition coefficient (Wildman–Crippen LogP) is 4.18. The van der Waals surface area contributed by atoms with Crippen molar-refractivity contribution in [1.29, 1.82) is 0 Å². The highest BCUT2D eigenvalue weighted by Gasteiger charge is 2.03. The van der Waals surface area contributed by atoms with Gasteiger partial charge in [0.05, 0.1) is 13.7 Å². The summed E-state index contributed by atoms with van der Waals surface area (Å²) in [5, 5.41) is 2.94. The highest BCUT2D eigenvalue weighted by Crippen LogP contribution is 2.19. The zero-order valence-corrected chi connectivity index (χ0v) is 15.3. The Morgan fingerprint density at radius 1 is 1.04 bits per heavy atom. The molecule has 0 saturated carbocycles. The van der Waals surface area contributed by atoms with Crippen LogP contribution in [0.2, 0.25) is 0 Å². The minimum atomic E-state index is 0.0718. The molecule has 0 saturated heterocycles. The minimum Gasteiger partial charge on any atom is -0.497 e. The van der Waals surface area contributed by atoms with Crippen LogP contribution in [0.15, 0.2) is 42.5 Å². The molecule has 2 aromatic carbocycles. The maximum absolute atomic E-state index is 11.9. The Morgan fingerprint density at radius 2 is 1.80 bits per heavy atom. The molecular weight excluding hydrogens is 314 g/mol. The zero-order chi connectivity index (χ0) is 18.1. The molecule has 4 heteroatoms. The van der Waals surface area contributed by atoms with Crippen molar-refractivity contribution in [2.24, 2.45) is 0 Å². The first-order valence-corrected chi connectivity index (χ1v) is 8.68. The van der Waals surface area contributed by atoms with Gasteiger partial charge in [-0.3, -0.25) is 4.79 Å². The number of benzene rings is 2. The van der Waals surface area contributed by atoms with E-state index in [1.807, 2.05) is 31.2 Å². The van der Waals surface area contributed by atoms with E-state index in [2.05, 4.69) is 30.4 Å². The van der Waals surface area contributed by atoms with Crippen LogP contribution in [0.4, 0.5) is 0 Å². The number of rotatable bonds is 9. The topological polar surface area (TPSA) is 47.6 Å². The molecule has 2 aromatic rings. The third kappa shape index (κ3) is 6.49. The molecule has 0 bridgehead atoms. The molecule has 0 radical (unpaired) electrons. The predicted molar refractivity (Wildman–Crippen MR) is 100 cm³/mol. The van der Waals surface area contributed by atoms with Crippen molar-refractivity contribution in [3.05, 3.63) is 59.2 Å². The SMILES string of the molecule is COc1ccc(CNC(=O)CCCCOc2cc(C)ccc2C)cc1. The third-order valence-electron chi connectivity index (χ3n) is 4.05. The van der Waals surface area contributed by atoms with E-state index in [9.17, 15) is 4.79 Å². The largest absolute Gasteiger partial charge is 0.497 e. The number of hydrogen-bond acceptors (Lipinski definition) is 3. The van der Waals surface area contributed by atoms with Crippen LogP contribution in [-0.2, 0) is 11.3 Å². The number of nitrogens with one attached hydrogen (secondary N) is 1. The summed E-state index contributed by atoms with van der Waals surface area (Å²) in [6, 6.07) is 13.9. The number of methoxy groups -OCH3 is 1. The molecule has 0 unspecified atom stereocenters. The van der Waals surface area contributed by atoms with E-state index in [4.69, 9.17) is 9.47 Å². The molecule has 134 valence electrons. The number of unbranched alkanes of at least 4 members (excludes halogenated alkanes) is 1. The van der Waals surface area contributed by atoms with E-state index in [0.29, 0.717) is 19.6 Å². The number of carbonyl (C=O) groups excluding carboxylic acids is 1. The lowest BCUT2D eigenvalue weighted by molar-refractivity contribution is -0.121. The van der Waals surface area contributed by atoms with Crippen LogP contribution in [0.5, 0.6) is 11.5 Å². The average molecular weight is 341 g/mol. The molecule has 1 amide bonds. The Kier molecular flexibility index (Phi) is 7.33. The van der Waals surface area contributed by atoms with Crippen molar-refractivity contribution in [1.82, 2.24) is 5.32 Å². The molecule has 0 aliphatic heterocycles. The van der Waals surface area contributed by atoms with Crippen molar-refractivity contribution in [3.8, 4) is 11.5 Å². The summed E-state index contributed by atoms with van der Waals surface area (Å²) in [4.78, 5) is 11.9. The first kappa shape index (κ1) is 18.8. The van der Waals surface area contributed by atoms with Crippen LogP contribution in [-0.4, -0.2) is 19.6 Å². The summed E-state index contributed by atoms with van der Waals surface area (Å²) in [5.74, 6) is 1.82. The summed E-state index contributed by atoms with van der Waals surface area (Å²) in [6.45, 7) is 5.28. The van der Waals surface area contributed by atoms with E-state index in [1.165, 1.54) is 5.56 Å². The molecule has 0 aromatic heterocycles. The quantitative estimate of drug-likeness (QED) is 0.696. The lowest BCUT2D eigenvalue weighted by Crippen LogP contribution is -2.22. The smallest absolute Gasteiger partial charge is 0.220 e. The summed E-state index contributed by atoms with van der Waals surface area (Å²) in [5.41, 5.74) is 3.40. The fourth-order valence-corrected chi connectivity index (χ4v) is 2.46. The van der Waals surface area contributed by atoms with Crippen molar-refractivity contribution in [2.45, 2.75) is 39.7 Å². The van der Waals surface area contributed by atoms with Gasteiger partial charge in [-0.05, 0) is 61.6 Å². The molecule has 0 aliphatic rings. The van der Waals surface area contributed by atoms with Gasteiger partial charge >= 0.3 is 0 Å². The Hall–Kier alpha value is -2.49.